The third-order valence-electron chi connectivity index (χ3n) is 3.13. The molecule has 1 N–H and O–H groups in total. The zero-order valence-electron chi connectivity index (χ0n) is 11.6. The SMILES string of the molecule is CCOC(C)CN1C(=O)c2ccc(C(=O)O)cc2S1(=O)=O. The van der Waals surface area contributed by atoms with Gasteiger partial charge in [0.15, 0.2) is 0 Å². The van der Waals surface area contributed by atoms with Crippen LogP contribution in [0.25, 0.3) is 0 Å². The molecule has 0 radical (unpaired) electrons. The van der Waals surface area contributed by atoms with E-state index in [9.17, 15) is 18.0 Å². The molecular formula is C13H15NO6S. The highest BCUT2D eigenvalue weighted by atomic mass is 32.2. The summed E-state index contributed by atoms with van der Waals surface area (Å²) in [7, 11) is -4.02. The number of aromatic carboxylic acids is 1. The zero-order valence-corrected chi connectivity index (χ0v) is 12.4. The minimum Gasteiger partial charge on any atom is -0.478 e. The van der Waals surface area contributed by atoms with Gasteiger partial charge >= 0.3 is 5.97 Å². The highest BCUT2D eigenvalue weighted by Gasteiger charge is 2.42. The van der Waals surface area contributed by atoms with Gasteiger partial charge in [0.25, 0.3) is 15.9 Å². The number of carboxylic acid groups (broad SMARTS) is 1. The second-order valence-electron chi connectivity index (χ2n) is 4.62. The average molecular weight is 313 g/mol. The van der Waals surface area contributed by atoms with Gasteiger partial charge in [-0.05, 0) is 32.0 Å². The van der Waals surface area contributed by atoms with Crippen molar-refractivity contribution in [1.82, 2.24) is 4.31 Å². The largest absolute Gasteiger partial charge is 0.478 e. The van der Waals surface area contributed by atoms with E-state index in [0.717, 1.165) is 10.4 Å². The maximum absolute atomic E-state index is 12.4. The van der Waals surface area contributed by atoms with Crippen LogP contribution in [0.3, 0.4) is 0 Å². The molecule has 1 aliphatic heterocycles. The summed E-state index contributed by atoms with van der Waals surface area (Å²) in [5.41, 5.74) is -0.187. The van der Waals surface area contributed by atoms with E-state index in [1.807, 2.05) is 0 Å². The lowest BCUT2D eigenvalue weighted by Gasteiger charge is -2.19. The van der Waals surface area contributed by atoms with Gasteiger partial charge in [0, 0.05) is 6.61 Å². The fraction of sp³-hybridized carbons (Fsp3) is 0.385. The normalized spacial score (nSPS) is 17.6. The zero-order chi connectivity index (χ0) is 15.8. The van der Waals surface area contributed by atoms with Gasteiger partial charge in [-0.3, -0.25) is 4.79 Å². The number of hydrogen-bond donors (Lipinski definition) is 1. The minimum atomic E-state index is -4.02. The summed E-state index contributed by atoms with van der Waals surface area (Å²) < 4.78 is 30.7. The van der Waals surface area contributed by atoms with Crippen molar-refractivity contribution in [2.24, 2.45) is 0 Å². The summed E-state index contributed by atoms with van der Waals surface area (Å²) in [5.74, 6) is -1.91. The lowest BCUT2D eigenvalue weighted by atomic mass is 10.1. The number of fused-ring (bicyclic) bond motifs is 1. The highest BCUT2D eigenvalue weighted by Crippen LogP contribution is 2.31. The van der Waals surface area contributed by atoms with Gasteiger partial charge in [-0.25, -0.2) is 17.5 Å². The lowest BCUT2D eigenvalue weighted by molar-refractivity contribution is 0.0547. The lowest BCUT2D eigenvalue weighted by Crippen LogP contribution is -2.36. The third kappa shape index (κ3) is 2.64. The number of hydrogen-bond acceptors (Lipinski definition) is 5. The molecule has 1 atom stereocenters. The summed E-state index contributed by atoms with van der Waals surface area (Å²) in [4.78, 5) is 22.8. The van der Waals surface area contributed by atoms with Crippen molar-refractivity contribution < 1.29 is 27.9 Å². The topological polar surface area (TPSA) is 101 Å². The Morgan fingerprint density at radius 2 is 2.10 bits per heavy atom. The van der Waals surface area contributed by atoms with Gasteiger partial charge in [-0.15, -0.1) is 0 Å². The third-order valence-corrected chi connectivity index (χ3v) is 4.92. The van der Waals surface area contributed by atoms with Crippen molar-refractivity contribution in [3.63, 3.8) is 0 Å². The van der Waals surface area contributed by atoms with Gasteiger partial charge < -0.3 is 9.84 Å². The van der Waals surface area contributed by atoms with Crippen molar-refractivity contribution in [1.29, 1.82) is 0 Å². The molecule has 1 unspecified atom stereocenters. The Morgan fingerprint density at radius 1 is 1.43 bits per heavy atom. The summed E-state index contributed by atoms with van der Waals surface area (Å²) in [5, 5.41) is 8.92. The number of nitrogens with zero attached hydrogens (tertiary/aromatic N) is 1. The smallest absolute Gasteiger partial charge is 0.335 e. The van der Waals surface area contributed by atoms with E-state index in [1.165, 1.54) is 12.1 Å². The number of carboxylic acids is 1. The number of carbonyl (C=O) groups excluding carboxylic acids is 1. The monoisotopic (exact) mass is 313 g/mol. The van der Waals surface area contributed by atoms with Gasteiger partial charge in [0.2, 0.25) is 0 Å². The van der Waals surface area contributed by atoms with Crippen molar-refractivity contribution in [3.8, 4) is 0 Å². The maximum atomic E-state index is 12.4. The van der Waals surface area contributed by atoms with Gasteiger partial charge in [-0.2, -0.15) is 0 Å². The van der Waals surface area contributed by atoms with E-state index >= 15 is 0 Å². The Labute approximate surface area is 122 Å². The minimum absolute atomic E-state index is 0.0105. The van der Waals surface area contributed by atoms with Crippen molar-refractivity contribution in [3.05, 3.63) is 29.3 Å². The number of carbonyl (C=O) groups is 2. The predicted molar refractivity (Wildman–Crippen MR) is 72.7 cm³/mol. The van der Waals surface area contributed by atoms with Crippen LogP contribution in [0, 0.1) is 0 Å². The second-order valence-corrected chi connectivity index (χ2v) is 6.45. The number of ether oxygens (including phenoxy) is 1. The summed E-state index contributed by atoms with van der Waals surface area (Å²) in [6, 6.07) is 3.45. The predicted octanol–water partition coefficient (Wildman–Crippen LogP) is 0.954. The number of rotatable bonds is 5. The Bertz CT molecular complexity index is 697. The molecule has 1 aliphatic rings. The molecule has 0 saturated heterocycles. The van der Waals surface area contributed by atoms with Gasteiger partial charge in [0.05, 0.1) is 23.8 Å². The molecule has 1 heterocycles. The van der Waals surface area contributed by atoms with Gasteiger partial charge in [0.1, 0.15) is 4.90 Å². The molecule has 1 aromatic rings. The molecule has 2 rings (SSSR count). The summed E-state index contributed by atoms with van der Waals surface area (Å²) >= 11 is 0. The van der Waals surface area contributed by atoms with Crippen LogP contribution >= 0.6 is 0 Å². The Hall–Kier alpha value is -1.93. The molecule has 0 aliphatic carbocycles. The van der Waals surface area contributed by atoms with E-state index < -0.39 is 28.0 Å². The molecule has 7 nitrogen and oxygen atoms in total. The van der Waals surface area contributed by atoms with E-state index in [0.29, 0.717) is 6.61 Å². The maximum Gasteiger partial charge on any atom is 0.335 e. The van der Waals surface area contributed by atoms with Crippen LogP contribution in [0.5, 0.6) is 0 Å². The number of benzene rings is 1. The number of sulfonamides is 1. The molecule has 0 aromatic heterocycles. The first-order valence-corrected chi connectivity index (χ1v) is 7.79. The first-order valence-electron chi connectivity index (χ1n) is 6.35. The average Bonchev–Trinajstić information content (AvgIpc) is 2.60. The fourth-order valence-electron chi connectivity index (χ4n) is 2.16. The highest BCUT2D eigenvalue weighted by molar-refractivity contribution is 7.90. The van der Waals surface area contributed by atoms with E-state index in [2.05, 4.69) is 0 Å². The number of amides is 1. The van der Waals surface area contributed by atoms with E-state index in [1.54, 1.807) is 13.8 Å². The van der Waals surface area contributed by atoms with Crippen LogP contribution in [0.1, 0.15) is 34.6 Å². The van der Waals surface area contributed by atoms with Crippen LogP contribution in [-0.2, 0) is 14.8 Å². The van der Waals surface area contributed by atoms with Crippen molar-refractivity contribution in [2.45, 2.75) is 24.8 Å². The molecule has 0 spiro atoms. The molecule has 8 heteroatoms. The molecule has 1 amide bonds. The van der Waals surface area contributed by atoms with Crippen LogP contribution < -0.4 is 0 Å². The second kappa shape index (κ2) is 5.45. The van der Waals surface area contributed by atoms with E-state index in [-0.39, 0.29) is 22.6 Å². The quantitative estimate of drug-likeness (QED) is 0.868. The van der Waals surface area contributed by atoms with E-state index in [4.69, 9.17) is 9.84 Å². The van der Waals surface area contributed by atoms with Crippen molar-refractivity contribution >= 4 is 21.9 Å². The molecule has 0 fully saturated rings. The molecule has 21 heavy (non-hydrogen) atoms. The van der Waals surface area contributed by atoms with Crippen LogP contribution in [0.15, 0.2) is 23.1 Å². The van der Waals surface area contributed by atoms with Gasteiger partial charge in [-0.1, -0.05) is 0 Å². The Kier molecular flexibility index (Phi) is 4.02. The molecule has 114 valence electrons. The summed E-state index contributed by atoms with van der Waals surface area (Å²) in [6.07, 6.45) is -0.443. The van der Waals surface area contributed by atoms with Crippen LogP contribution in [-0.4, -0.2) is 49.0 Å². The summed E-state index contributed by atoms with van der Waals surface area (Å²) in [6.45, 7) is 3.73. The Balaban J connectivity index is 2.42. The molecule has 0 bridgehead atoms. The Morgan fingerprint density at radius 3 is 2.67 bits per heavy atom. The van der Waals surface area contributed by atoms with Crippen LogP contribution in [0.2, 0.25) is 0 Å². The van der Waals surface area contributed by atoms with Crippen LogP contribution in [0.4, 0.5) is 0 Å². The fourth-order valence-corrected chi connectivity index (χ4v) is 3.83. The first-order chi connectivity index (χ1) is 9.78. The first kappa shape index (κ1) is 15.5. The van der Waals surface area contributed by atoms with Crippen molar-refractivity contribution in [2.75, 3.05) is 13.2 Å². The molecule has 1 aromatic carbocycles. The molecule has 0 saturated carbocycles. The molecular weight excluding hydrogens is 298 g/mol. The standard InChI is InChI=1S/C13H15NO6S/c1-3-20-8(2)7-14-12(15)10-5-4-9(13(16)17)6-11(10)21(14,18)19/h4-6,8H,3,7H2,1-2H3,(H,16,17).